The van der Waals surface area contributed by atoms with Gasteiger partial charge in [-0.1, -0.05) is 12.1 Å². The summed E-state index contributed by atoms with van der Waals surface area (Å²) in [6, 6.07) is 9.54. The van der Waals surface area contributed by atoms with Crippen molar-refractivity contribution in [1.82, 2.24) is 24.8 Å². The molecule has 0 aliphatic carbocycles. The average Bonchev–Trinajstić information content (AvgIpc) is 3.33. The van der Waals surface area contributed by atoms with Gasteiger partial charge in [0.25, 0.3) is 0 Å². The number of carbonyl (C=O) groups is 2. The molecule has 9 heteroatoms. The van der Waals surface area contributed by atoms with Crippen molar-refractivity contribution >= 4 is 23.3 Å². The van der Waals surface area contributed by atoms with Crippen LogP contribution in [-0.4, -0.2) is 43.9 Å². The molecule has 2 N–H and O–H groups in total. The third-order valence-corrected chi connectivity index (χ3v) is 5.67. The van der Waals surface area contributed by atoms with Gasteiger partial charge in [-0.3, -0.25) is 14.2 Å². The fraction of sp³-hybridized carbons (Fsp3) is 0.375. The Balaban J connectivity index is 1.39. The third kappa shape index (κ3) is 5.94. The number of aryl methyl sites for hydroxylation is 1. The molecule has 1 unspecified atom stereocenters. The lowest BCUT2D eigenvalue weighted by Gasteiger charge is -2.36. The van der Waals surface area contributed by atoms with E-state index >= 15 is 0 Å². The third-order valence-electron chi connectivity index (χ3n) is 5.67. The molecule has 1 saturated heterocycles. The van der Waals surface area contributed by atoms with Gasteiger partial charge in [0.1, 0.15) is 12.1 Å². The molecule has 1 aromatic carbocycles. The van der Waals surface area contributed by atoms with E-state index in [-0.39, 0.29) is 17.9 Å². The van der Waals surface area contributed by atoms with Crippen LogP contribution in [0.4, 0.5) is 11.5 Å². The summed E-state index contributed by atoms with van der Waals surface area (Å²) in [4.78, 5) is 39.5. The highest BCUT2D eigenvalue weighted by atomic mass is 16.2. The maximum atomic E-state index is 12.8. The van der Waals surface area contributed by atoms with Gasteiger partial charge in [0.15, 0.2) is 0 Å². The first kappa shape index (κ1) is 22.4. The molecular weight excluding hydrogens is 418 g/mol. The van der Waals surface area contributed by atoms with Crippen molar-refractivity contribution in [2.24, 2.45) is 0 Å². The van der Waals surface area contributed by atoms with Crippen LogP contribution >= 0.6 is 0 Å². The van der Waals surface area contributed by atoms with Crippen LogP contribution < -0.4 is 15.5 Å². The standard InChI is InChI=1S/C24H29N7O2/c1-17-13-22(29-24(27-17)30-12-10-25-16-30)31-11-4-3-5-21(31)14-23(33)26-15-19-6-8-20(9-7-19)28-18(2)32/h6-10,12-13,16,21H,3-5,11,14-15H2,1-2H3,(H,26,33)(H,28,32). The molecule has 0 saturated carbocycles. The Kier molecular flexibility index (Phi) is 6.97. The first-order valence-electron chi connectivity index (χ1n) is 11.2. The molecule has 1 aliphatic heterocycles. The molecule has 33 heavy (non-hydrogen) atoms. The number of nitrogens with zero attached hydrogens (tertiary/aromatic N) is 5. The van der Waals surface area contributed by atoms with Crippen LogP contribution in [0.25, 0.3) is 5.95 Å². The number of piperidine rings is 1. The van der Waals surface area contributed by atoms with Crippen LogP contribution in [0.2, 0.25) is 0 Å². The largest absolute Gasteiger partial charge is 0.353 e. The monoisotopic (exact) mass is 447 g/mol. The van der Waals surface area contributed by atoms with E-state index in [1.807, 2.05) is 43.5 Å². The minimum Gasteiger partial charge on any atom is -0.353 e. The van der Waals surface area contributed by atoms with E-state index in [1.165, 1.54) is 6.92 Å². The summed E-state index contributed by atoms with van der Waals surface area (Å²) in [5.41, 5.74) is 2.60. The minimum atomic E-state index is -0.107. The molecule has 9 nitrogen and oxygen atoms in total. The van der Waals surface area contributed by atoms with Gasteiger partial charge >= 0.3 is 0 Å². The van der Waals surface area contributed by atoms with Crippen LogP contribution in [0, 0.1) is 6.92 Å². The Labute approximate surface area is 193 Å². The highest BCUT2D eigenvalue weighted by Gasteiger charge is 2.26. The van der Waals surface area contributed by atoms with Gasteiger partial charge in [0.2, 0.25) is 17.8 Å². The first-order chi connectivity index (χ1) is 16.0. The number of aromatic nitrogens is 4. The van der Waals surface area contributed by atoms with E-state index < -0.39 is 0 Å². The summed E-state index contributed by atoms with van der Waals surface area (Å²) in [5.74, 6) is 1.33. The van der Waals surface area contributed by atoms with Crippen molar-refractivity contribution in [3.63, 3.8) is 0 Å². The maximum Gasteiger partial charge on any atom is 0.237 e. The smallest absolute Gasteiger partial charge is 0.237 e. The number of carbonyl (C=O) groups excluding carboxylic acids is 2. The number of anilines is 2. The number of hydrogen-bond donors (Lipinski definition) is 2. The zero-order chi connectivity index (χ0) is 23.2. The molecule has 0 radical (unpaired) electrons. The molecule has 1 atom stereocenters. The number of rotatable bonds is 7. The Hall–Kier alpha value is -3.75. The molecule has 2 amide bonds. The summed E-state index contributed by atoms with van der Waals surface area (Å²) in [6.07, 6.45) is 8.73. The topological polar surface area (TPSA) is 105 Å². The fourth-order valence-corrected chi connectivity index (χ4v) is 4.09. The van der Waals surface area contributed by atoms with Gasteiger partial charge in [-0.05, 0) is 43.9 Å². The highest BCUT2D eigenvalue weighted by molar-refractivity contribution is 5.88. The van der Waals surface area contributed by atoms with Gasteiger partial charge < -0.3 is 15.5 Å². The second kappa shape index (κ2) is 10.2. The number of amides is 2. The predicted octanol–water partition coefficient (Wildman–Crippen LogP) is 2.99. The first-order valence-corrected chi connectivity index (χ1v) is 11.2. The van der Waals surface area contributed by atoms with Crippen LogP contribution in [0.5, 0.6) is 0 Å². The van der Waals surface area contributed by atoms with Gasteiger partial charge in [0.05, 0.1) is 0 Å². The molecule has 4 rings (SSSR count). The number of benzene rings is 1. The quantitative estimate of drug-likeness (QED) is 0.577. The van der Waals surface area contributed by atoms with Crippen LogP contribution in [0.3, 0.4) is 0 Å². The zero-order valence-electron chi connectivity index (χ0n) is 19.0. The second-order valence-electron chi connectivity index (χ2n) is 8.34. The van der Waals surface area contributed by atoms with Crippen molar-refractivity contribution in [3.05, 3.63) is 60.3 Å². The summed E-state index contributed by atoms with van der Waals surface area (Å²) in [5, 5.41) is 5.77. The Bertz CT molecular complexity index is 1100. The zero-order valence-corrected chi connectivity index (χ0v) is 19.0. The van der Waals surface area contributed by atoms with Gasteiger partial charge in [-0.2, -0.15) is 4.98 Å². The molecule has 0 spiro atoms. The lowest BCUT2D eigenvalue weighted by Crippen LogP contribution is -2.43. The molecule has 172 valence electrons. The van der Waals surface area contributed by atoms with Gasteiger partial charge in [0, 0.05) is 62.3 Å². The van der Waals surface area contributed by atoms with E-state index in [2.05, 4.69) is 25.5 Å². The Morgan fingerprint density at radius 3 is 2.70 bits per heavy atom. The molecule has 1 fully saturated rings. The number of nitrogens with one attached hydrogen (secondary N) is 2. The van der Waals surface area contributed by atoms with Crippen molar-refractivity contribution < 1.29 is 9.59 Å². The highest BCUT2D eigenvalue weighted by Crippen LogP contribution is 2.26. The molecule has 3 aromatic rings. The van der Waals surface area contributed by atoms with E-state index in [1.54, 1.807) is 17.1 Å². The van der Waals surface area contributed by atoms with Crippen molar-refractivity contribution in [2.45, 2.75) is 52.1 Å². The average molecular weight is 448 g/mol. The minimum absolute atomic E-state index is 0.0125. The molecule has 3 heterocycles. The van der Waals surface area contributed by atoms with Crippen molar-refractivity contribution in [3.8, 4) is 5.95 Å². The summed E-state index contributed by atoms with van der Waals surface area (Å²) >= 11 is 0. The van der Waals surface area contributed by atoms with E-state index in [0.717, 1.165) is 48.6 Å². The SMILES string of the molecule is CC(=O)Nc1ccc(CNC(=O)CC2CCCCN2c2cc(C)nc(-n3ccnc3)n2)cc1. The summed E-state index contributed by atoms with van der Waals surface area (Å²) in [6.45, 7) is 4.74. The lowest BCUT2D eigenvalue weighted by atomic mass is 9.99. The van der Waals surface area contributed by atoms with Crippen LogP contribution in [0.1, 0.15) is 43.9 Å². The second-order valence-corrected chi connectivity index (χ2v) is 8.34. The molecular formula is C24H29N7O2. The molecule has 1 aliphatic rings. The van der Waals surface area contributed by atoms with Crippen molar-refractivity contribution in [2.75, 3.05) is 16.8 Å². The van der Waals surface area contributed by atoms with E-state index in [9.17, 15) is 9.59 Å². The van der Waals surface area contributed by atoms with Gasteiger partial charge in [-0.25, -0.2) is 9.97 Å². The van der Waals surface area contributed by atoms with Crippen LogP contribution in [-0.2, 0) is 16.1 Å². The normalized spacial score (nSPS) is 15.8. The van der Waals surface area contributed by atoms with Crippen molar-refractivity contribution in [1.29, 1.82) is 0 Å². The van der Waals surface area contributed by atoms with Gasteiger partial charge in [-0.15, -0.1) is 0 Å². The van der Waals surface area contributed by atoms with E-state index in [4.69, 9.17) is 4.98 Å². The lowest BCUT2D eigenvalue weighted by molar-refractivity contribution is -0.121. The van der Waals surface area contributed by atoms with Crippen LogP contribution in [0.15, 0.2) is 49.1 Å². The summed E-state index contributed by atoms with van der Waals surface area (Å²) in [7, 11) is 0. The fourth-order valence-electron chi connectivity index (χ4n) is 4.09. The predicted molar refractivity (Wildman–Crippen MR) is 126 cm³/mol. The number of imidazole rings is 1. The van der Waals surface area contributed by atoms with E-state index in [0.29, 0.717) is 18.9 Å². The molecule has 2 aromatic heterocycles. The molecule has 0 bridgehead atoms. The summed E-state index contributed by atoms with van der Waals surface area (Å²) < 4.78 is 1.79. The number of hydrogen-bond acceptors (Lipinski definition) is 6. The maximum absolute atomic E-state index is 12.8. The Morgan fingerprint density at radius 1 is 1.15 bits per heavy atom. The Morgan fingerprint density at radius 2 is 1.97 bits per heavy atom.